The maximum Gasteiger partial charge on any atom is 2.00 e. The van der Waals surface area contributed by atoms with Gasteiger partial charge in [0.1, 0.15) is 0 Å². The topological polar surface area (TPSA) is 72.4 Å². The molecule has 7 heterocycles. The van der Waals surface area contributed by atoms with Crippen LogP contribution in [0.25, 0.3) is 90.9 Å². The molecule has 7 heteroatoms. The first-order valence-corrected chi connectivity index (χ1v) is 24.9. The van der Waals surface area contributed by atoms with Crippen LogP contribution < -0.4 is 9.97 Å². The number of benzene rings is 4. The van der Waals surface area contributed by atoms with Crippen molar-refractivity contribution in [2.45, 2.75) is 109 Å². The molecule has 4 aromatic carbocycles. The van der Waals surface area contributed by atoms with Crippen molar-refractivity contribution in [2.75, 3.05) is 13.2 Å². The first-order chi connectivity index (χ1) is 33.7. The van der Waals surface area contributed by atoms with Crippen molar-refractivity contribution in [1.29, 1.82) is 0 Å². The molecule has 7 aromatic rings. The maximum atomic E-state index is 5.59. The van der Waals surface area contributed by atoms with E-state index in [0.717, 1.165) is 115 Å². The molecule has 0 atom stereocenters. The van der Waals surface area contributed by atoms with E-state index in [0.29, 0.717) is 0 Å². The Morgan fingerprint density at radius 3 is 0.746 bits per heavy atom. The molecule has 0 N–H and O–H groups in total. The predicted molar refractivity (Wildman–Crippen MR) is 294 cm³/mol. The molecule has 71 heavy (non-hydrogen) atoms. The molecular formula is C64H66CrN4O2-2. The Morgan fingerprint density at radius 2 is 0.577 bits per heavy atom. The molecule has 0 unspecified atom stereocenters. The summed E-state index contributed by atoms with van der Waals surface area (Å²) in [6.45, 7) is 31.9. The summed E-state index contributed by atoms with van der Waals surface area (Å²) >= 11 is 0. The molecule has 3 aromatic heterocycles. The van der Waals surface area contributed by atoms with Gasteiger partial charge in [-0.05, 0) is 196 Å². The van der Waals surface area contributed by atoms with E-state index in [1.807, 2.05) is 13.2 Å². The molecule has 4 aliphatic heterocycles. The average Bonchev–Trinajstić information content (AvgIpc) is 4.16. The van der Waals surface area contributed by atoms with E-state index in [1.165, 1.54) is 79.6 Å². The molecule has 11 rings (SSSR count). The van der Waals surface area contributed by atoms with Crippen LogP contribution in [-0.2, 0) is 26.8 Å². The second-order valence-corrected chi connectivity index (χ2v) is 19.8. The van der Waals surface area contributed by atoms with E-state index in [-0.39, 0.29) is 17.4 Å². The molecule has 4 aliphatic rings. The zero-order chi connectivity index (χ0) is 49.4. The van der Waals surface area contributed by atoms with Gasteiger partial charge in [0.15, 0.2) is 0 Å². The Bertz CT molecular complexity index is 2870. The molecule has 6 nitrogen and oxygen atoms in total. The average molecular weight is 975 g/mol. The molecule has 362 valence electrons. The van der Waals surface area contributed by atoms with Gasteiger partial charge in [-0.25, -0.2) is 23.2 Å². The molecule has 8 bridgehead atoms. The van der Waals surface area contributed by atoms with E-state index in [9.17, 15) is 0 Å². The number of aromatic nitrogens is 4. The van der Waals surface area contributed by atoms with Crippen LogP contribution in [0.15, 0.2) is 72.8 Å². The molecule has 0 radical (unpaired) electrons. The van der Waals surface area contributed by atoms with E-state index < -0.39 is 0 Å². The van der Waals surface area contributed by atoms with Crippen LogP contribution in [0.2, 0.25) is 0 Å². The number of hydrogen-bond donors (Lipinski definition) is 0. The number of hydrogen-bond acceptors (Lipinski definition) is 4. The van der Waals surface area contributed by atoms with Crippen LogP contribution in [0.3, 0.4) is 0 Å². The van der Waals surface area contributed by atoms with Crippen molar-refractivity contribution < 1.29 is 26.8 Å². The summed E-state index contributed by atoms with van der Waals surface area (Å²) in [6.07, 6.45) is 13.5. The summed E-state index contributed by atoms with van der Waals surface area (Å²) in [6, 6.07) is 26.9. The van der Waals surface area contributed by atoms with E-state index in [4.69, 9.17) is 29.4 Å². The second kappa shape index (κ2) is 21.7. The molecular weight excluding hydrogens is 909 g/mol. The van der Waals surface area contributed by atoms with Crippen molar-refractivity contribution in [3.05, 3.63) is 176 Å². The Kier molecular flexibility index (Phi) is 15.7. The minimum atomic E-state index is 0. The minimum Gasteiger partial charge on any atom is -0.657 e. The Morgan fingerprint density at radius 1 is 0.352 bits per heavy atom. The third-order valence-electron chi connectivity index (χ3n) is 13.7. The Labute approximate surface area is 432 Å². The van der Waals surface area contributed by atoms with Crippen LogP contribution in [0.1, 0.15) is 115 Å². The molecule has 0 amide bonds. The number of ether oxygens (including phenoxy) is 2. The summed E-state index contributed by atoms with van der Waals surface area (Å²) in [5.41, 5.74) is 30.4. The zero-order valence-corrected chi connectivity index (χ0v) is 44.9. The largest absolute Gasteiger partial charge is 2.00 e. The quantitative estimate of drug-likeness (QED) is 0.164. The van der Waals surface area contributed by atoms with Gasteiger partial charge in [0.25, 0.3) is 0 Å². The fourth-order valence-electron chi connectivity index (χ4n) is 11.2. The smallest absolute Gasteiger partial charge is 0.657 e. The summed E-state index contributed by atoms with van der Waals surface area (Å²) < 4.78 is 9.64. The normalized spacial score (nSPS) is 13.7. The van der Waals surface area contributed by atoms with Crippen molar-refractivity contribution in [1.82, 2.24) is 19.9 Å². The predicted octanol–water partition coefficient (Wildman–Crippen LogP) is 16.2. The van der Waals surface area contributed by atoms with Gasteiger partial charge in [0.2, 0.25) is 0 Å². The number of nitrogens with zero attached hydrogens (tertiary/aromatic N) is 4. The fourth-order valence-corrected chi connectivity index (χ4v) is 11.2. The first kappa shape index (κ1) is 51.3. The Balaban J connectivity index is 0.000000549. The van der Waals surface area contributed by atoms with Gasteiger partial charge in [-0.1, -0.05) is 108 Å². The summed E-state index contributed by atoms with van der Waals surface area (Å²) in [4.78, 5) is 22.4. The fraction of sp³-hybridized carbons (Fsp3) is 0.281. The minimum absolute atomic E-state index is 0. The third-order valence-corrected chi connectivity index (χ3v) is 13.7. The zero-order valence-electron chi connectivity index (χ0n) is 43.6. The number of fused-ring (bicyclic) bond motifs is 8. The van der Waals surface area contributed by atoms with Gasteiger partial charge in [-0.2, -0.15) is 12.8 Å². The summed E-state index contributed by atoms with van der Waals surface area (Å²) in [5.74, 6) is 0. The summed E-state index contributed by atoms with van der Waals surface area (Å²) in [5, 5.41) is 0. The second-order valence-electron chi connectivity index (χ2n) is 19.8. The van der Waals surface area contributed by atoms with Gasteiger partial charge in [0.05, 0.1) is 22.8 Å². The number of aryl methyl sites for hydroxylation is 12. The SMILES string of the molecule is Cc1cc(C)c(-c2c3nc(c(-c4c(C)cc(C)cc4C)c4ccc([n-]4)c(-c4c(C)cc(C)cc4C)c4nc(c(-c5c(C)cc(C)cc5C)c5ccc2[n-]5)C=C4)C=C3)c(C)c1.[CH-]1CCCO1.[CH-]1CCCO1.[Cr+2]. The summed E-state index contributed by atoms with van der Waals surface area (Å²) in [7, 11) is 0. The van der Waals surface area contributed by atoms with Crippen molar-refractivity contribution in [3.63, 3.8) is 0 Å². The van der Waals surface area contributed by atoms with Gasteiger partial charge in [-0.3, -0.25) is 0 Å². The Hall–Kier alpha value is -6.07. The third kappa shape index (κ3) is 10.6. The van der Waals surface area contributed by atoms with Crippen LogP contribution in [0.4, 0.5) is 0 Å². The maximum absolute atomic E-state index is 5.59. The monoisotopic (exact) mass is 974 g/mol. The van der Waals surface area contributed by atoms with Gasteiger partial charge < -0.3 is 19.4 Å². The van der Waals surface area contributed by atoms with Gasteiger partial charge >= 0.3 is 17.4 Å². The van der Waals surface area contributed by atoms with E-state index >= 15 is 0 Å². The standard InChI is InChI=1S/C56H52N4.2C4H7O.Cr/c1-29-21-33(5)49(34(6)22-29)53-41-13-15-43(57-41)54(50-35(7)23-30(2)24-36(50)8)45-17-19-47(59-45)56(52-39(11)27-32(4)28-40(52)12)48-20-18-46(60-48)55(44-16-14-42(53)58-44)51-37(9)25-31(3)26-38(51)10;2*1-2-4-5-3-1;/h13-28H,1-12H3;2*3H,1-2,4H2;/q-2;2*-1;+2. The number of rotatable bonds is 4. The molecule has 2 saturated heterocycles. The molecule has 0 aliphatic carbocycles. The van der Waals surface area contributed by atoms with Crippen LogP contribution >= 0.6 is 0 Å². The van der Waals surface area contributed by atoms with E-state index in [1.54, 1.807) is 0 Å². The van der Waals surface area contributed by atoms with Crippen LogP contribution in [0, 0.1) is 96.3 Å². The molecule has 0 spiro atoms. The van der Waals surface area contributed by atoms with E-state index in [2.05, 4.69) is 180 Å². The van der Waals surface area contributed by atoms with Crippen molar-refractivity contribution in [3.8, 4) is 44.5 Å². The van der Waals surface area contributed by atoms with Gasteiger partial charge in [-0.15, -0.1) is 22.1 Å². The van der Waals surface area contributed by atoms with Crippen LogP contribution in [-0.4, -0.2) is 23.2 Å². The molecule has 2 fully saturated rings. The van der Waals surface area contributed by atoms with Gasteiger partial charge in [0, 0.05) is 13.2 Å². The first-order valence-electron chi connectivity index (χ1n) is 24.9. The molecule has 0 saturated carbocycles. The van der Waals surface area contributed by atoms with Crippen molar-refractivity contribution >= 4 is 46.4 Å². The van der Waals surface area contributed by atoms with Crippen molar-refractivity contribution in [2.24, 2.45) is 0 Å². The van der Waals surface area contributed by atoms with Crippen LogP contribution in [0.5, 0.6) is 0 Å².